The summed E-state index contributed by atoms with van der Waals surface area (Å²) < 4.78 is 43.5. The summed E-state index contributed by atoms with van der Waals surface area (Å²) in [6.45, 7) is 0.169. The van der Waals surface area contributed by atoms with Crippen molar-refractivity contribution in [3.05, 3.63) is 77.8 Å². The first kappa shape index (κ1) is 18.3. The van der Waals surface area contributed by atoms with Gasteiger partial charge in [0.25, 0.3) is 0 Å². The molecule has 0 bridgehead atoms. The maximum atomic E-state index is 12.6. The monoisotopic (exact) mass is 386 g/mol. The fourth-order valence-corrected chi connectivity index (χ4v) is 3.19. The van der Waals surface area contributed by atoms with Crippen molar-refractivity contribution in [3.8, 4) is 11.3 Å². The van der Waals surface area contributed by atoms with Crippen molar-refractivity contribution in [1.29, 1.82) is 0 Å². The van der Waals surface area contributed by atoms with E-state index in [4.69, 9.17) is 4.42 Å². The minimum atomic E-state index is -4.35. The van der Waals surface area contributed by atoms with Gasteiger partial charge >= 0.3 is 6.18 Å². The average Bonchev–Trinajstić information content (AvgIpc) is 3.36. The molecule has 0 spiro atoms. The Morgan fingerprint density at radius 3 is 2.50 bits per heavy atom. The third-order valence-corrected chi connectivity index (χ3v) is 4.82. The Morgan fingerprint density at radius 2 is 1.82 bits per heavy atom. The van der Waals surface area contributed by atoms with E-state index in [1.165, 1.54) is 12.1 Å². The van der Waals surface area contributed by atoms with Crippen LogP contribution in [0, 0.1) is 5.92 Å². The Balaban J connectivity index is 1.32. The SMILES string of the molecule is O=C(NCc1ncc(-c2ccccc2)o1)C1CC1c1ccc(C(F)(F)F)cc1. The molecule has 0 radical (unpaired) electrons. The Kier molecular flexibility index (Phi) is 4.66. The van der Waals surface area contributed by atoms with Crippen LogP contribution in [0.2, 0.25) is 0 Å². The van der Waals surface area contributed by atoms with Crippen molar-refractivity contribution in [2.45, 2.75) is 25.1 Å². The van der Waals surface area contributed by atoms with Gasteiger partial charge in [0.15, 0.2) is 5.76 Å². The van der Waals surface area contributed by atoms with Crippen LogP contribution in [0.3, 0.4) is 0 Å². The predicted molar refractivity (Wildman–Crippen MR) is 96.1 cm³/mol. The first-order valence-electron chi connectivity index (χ1n) is 8.87. The van der Waals surface area contributed by atoms with Crippen molar-refractivity contribution in [3.63, 3.8) is 0 Å². The quantitative estimate of drug-likeness (QED) is 0.687. The van der Waals surface area contributed by atoms with Crippen molar-refractivity contribution >= 4 is 5.91 Å². The minimum Gasteiger partial charge on any atom is -0.439 e. The van der Waals surface area contributed by atoms with Gasteiger partial charge in [-0.1, -0.05) is 42.5 Å². The molecule has 4 nitrogen and oxygen atoms in total. The number of benzene rings is 2. The molecule has 1 N–H and O–H groups in total. The molecule has 1 fully saturated rings. The van der Waals surface area contributed by atoms with Crippen molar-refractivity contribution < 1.29 is 22.4 Å². The van der Waals surface area contributed by atoms with Gasteiger partial charge in [-0.25, -0.2) is 4.98 Å². The van der Waals surface area contributed by atoms with Crippen LogP contribution in [0.25, 0.3) is 11.3 Å². The second-order valence-electron chi connectivity index (χ2n) is 6.77. The van der Waals surface area contributed by atoms with E-state index in [0.717, 1.165) is 23.3 Å². The van der Waals surface area contributed by atoms with E-state index in [1.54, 1.807) is 6.20 Å². The summed E-state index contributed by atoms with van der Waals surface area (Å²) in [5, 5.41) is 2.79. The molecule has 2 atom stereocenters. The summed E-state index contributed by atoms with van der Waals surface area (Å²) >= 11 is 0. The number of nitrogens with zero attached hydrogens (tertiary/aromatic N) is 1. The molecule has 2 aromatic carbocycles. The third-order valence-electron chi connectivity index (χ3n) is 4.82. The molecule has 1 aromatic heterocycles. The number of alkyl halides is 3. The van der Waals surface area contributed by atoms with Gasteiger partial charge in [-0.05, 0) is 30.0 Å². The summed E-state index contributed by atoms with van der Waals surface area (Å²) in [5.74, 6) is 0.592. The zero-order valence-electron chi connectivity index (χ0n) is 14.7. The standard InChI is InChI=1S/C21H17F3N2O2/c22-21(23,24)15-8-6-13(7-9-15)16-10-17(16)20(27)26-12-19-25-11-18(28-19)14-4-2-1-3-5-14/h1-9,11,16-17H,10,12H2,(H,26,27). The van der Waals surface area contributed by atoms with Gasteiger partial charge in [-0.3, -0.25) is 4.79 Å². The summed E-state index contributed by atoms with van der Waals surface area (Å²) in [5.41, 5.74) is 0.962. The molecule has 0 aliphatic heterocycles. The molecule has 28 heavy (non-hydrogen) atoms. The third kappa shape index (κ3) is 3.93. The van der Waals surface area contributed by atoms with E-state index in [2.05, 4.69) is 10.3 Å². The van der Waals surface area contributed by atoms with E-state index in [0.29, 0.717) is 18.1 Å². The van der Waals surface area contributed by atoms with Crippen molar-refractivity contribution in [2.24, 2.45) is 5.92 Å². The summed E-state index contributed by atoms with van der Waals surface area (Å²) in [6.07, 6.45) is -2.12. The lowest BCUT2D eigenvalue weighted by Gasteiger charge is -2.07. The normalized spacial score (nSPS) is 18.7. The number of oxazole rings is 1. The van der Waals surface area contributed by atoms with Crippen molar-refractivity contribution in [1.82, 2.24) is 10.3 Å². The number of amides is 1. The van der Waals surface area contributed by atoms with Crippen LogP contribution < -0.4 is 5.32 Å². The van der Waals surface area contributed by atoms with Gasteiger partial charge in [0.2, 0.25) is 11.8 Å². The van der Waals surface area contributed by atoms with Gasteiger partial charge in [0.1, 0.15) is 0 Å². The smallest absolute Gasteiger partial charge is 0.416 e. The van der Waals surface area contributed by atoms with Gasteiger partial charge in [-0.2, -0.15) is 13.2 Å². The van der Waals surface area contributed by atoms with Gasteiger partial charge < -0.3 is 9.73 Å². The lowest BCUT2D eigenvalue weighted by Crippen LogP contribution is -2.25. The molecule has 144 valence electrons. The molecule has 2 unspecified atom stereocenters. The molecule has 4 rings (SSSR count). The molecule has 1 heterocycles. The van der Waals surface area contributed by atoms with E-state index in [-0.39, 0.29) is 24.3 Å². The number of hydrogen-bond acceptors (Lipinski definition) is 3. The van der Waals surface area contributed by atoms with Crippen LogP contribution in [0.15, 0.2) is 65.2 Å². The summed E-state index contributed by atoms with van der Waals surface area (Å²) in [4.78, 5) is 16.5. The fraction of sp³-hybridized carbons (Fsp3) is 0.238. The molecule has 1 aliphatic rings. The second-order valence-corrected chi connectivity index (χ2v) is 6.77. The highest BCUT2D eigenvalue weighted by Gasteiger charge is 2.44. The maximum Gasteiger partial charge on any atom is 0.416 e. The van der Waals surface area contributed by atoms with Crippen LogP contribution in [-0.4, -0.2) is 10.9 Å². The number of halogens is 3. The Labute approximate surface area is 159 Å². The lowest BCUT2D eigenvalue weighted by atomic mass is 10.1. The highest BCUT2D eigenvalue weighted by atomic mass is 19.4. The Morgan fingerprint density at radius 1 is 1.11 bits per heavy atom. The number of carbonyl (C=O) groups is 1. The van der Waals surface area contributed by atoms with E-state index in [9.17, 15) is 18.0 Å². The summed E-state index contributed by atoms with van der Waals surface area (Å²) in [6, 6.07) is 14.5. The molecule has 3 aromatic rings. The Hall–Kier alpha value is -3.09. The van der Waals surface area contributed by atoms with Crippen LogP contribution in [0.4, 0.5) is 13.2 Å². The first-order valence-corrected chi connectivity index (χ1v) is 8.87. The lowest BCUT2D eigenvalue weighted by molar-refractivity contribution is -0.137. The number of rotatable bonds is 5. The van der Waals surface area contributed by atoms with Gasteiger partial charge in [0.05, 0.1) is 18.3 Å². The van der Waals surface area contributed by atoms with Crippen LogP contribution in [0.5, 0.6) is 0 Å². The minimum absolute atomic E-state index is 0.0493. The molecule has 1 aliphatic carbocycles. The largest absolute Gasteiger partial charge is 0.439 e. The Bertz CT molecular complexity index is 965. The van der Waals surface area contributed by atoms with Crippen molar-refractivity contribution in [2.75, 3.05) is 0 Å². The van der Waals surface area contributed by atoms with Crippen LogP contribution in [0.1, 0.15) is 29.4 Å². The molecular weight excluding hydrogens is 369 g/mol. The number of nitrogens with one attached hydrogen (secondary N) is 1. The summed E-state index contributed by atoms with van der Waals surface area (Å²) in [7, 11) is 0. The molecule has 7 heteroatoms. The number of carbonyl (C=O) groups excluding carboxylic acids is 1. The van der Waals surface area contributed by atoms with Crippen LogP contribution >= 0.6 is 0 Å². The highest BCUT2D eigenvalue weighted by Crippen LogP contribution is 2.48. The predicted octanol–water partition coefficient (Wildman–Crippen LogP) is 4.78. The van der Waals surface area contributed by atoms with E-state index in [1.807, 2.05) is 30.3 Å². The van der Waals surface area contributed by atoms with Gasteiger partial charge in [0, 0.05) is 11.5 Å². The second kappa shape index (κ2) is 7.14. The fourth-order valence-electron chi connectivity index (χ4n) is 3.19. The first-order chi connectivity index (χ1) is 13.4. The molecule has 1 saturated carbocycles. The maximum absolute atomic E-state index is 12.6. The molecular formula is C21H17F3N2O2. The zero-order chi connectivity index (χ0) is 19.7. The average molecular weight is 386 g/mol. The van der Waals surface area contributed by atoms with E-state index >= 15 is 0 Å². The highest BCUT2D eigenvalue weighted by molar-refractivity contribution is 5.82. The number of aromatic nitrogens is 1. The van der Waals surface area contributed by atoms with Gasteiger partial charge in [-0.15, -0.1) is 0 Å². The zero-order valence-corrected chi connectivity index (χ0v) is 14.7. The molecule has 0 saturated heterocycles. The van der Waals surface area contributed by atoms with Crippen LogP contribution in [-0.2, 0) is 17.5 Å². The molecule has 1 amide bonds. The number of hydrogen-bond donors (Lipinski definition) is 1. The topological polar surface area (TPSA) is 55.1 Å². The van der Waals surface area contributed by atoms with E-state index < -0.39 is 11.7 Å².